The van der Waals surface area contributed by atoms with Crippen molar-refractivity contribution >= 4 is 5.97 Å². The molecule has 0 aromatic heterocycles. The third-order valence-electron chi connectivity index (χ3n) is 3.89. The lowest BCUT2D eigenvalue weighted by atomic mass is 10.1. The SMILES string of the molecule is CCCCCCCCC(=O)OCCOCCOC1CCCCO1. The summed E-state index contributed by atoms with van der Waals surface area (Å²) in [5.74, 6) is -0.115. The first-order valence-corrected chi connectivity index (χ1v) is 9.29. The van der Waals surface area contributed by atoms with Crippen LogP contribution in [0.15, 0.2) is 0 Å². The molecule has 0 N–H and O–H groups in total. The highest BCUT2D eigenvalue weighted by molar-refractivity contribution is 5.69. The fourth-order valence-electron chi connectivity index (χ4n) is 2.52. The van der Waals surface area contributed by atoms with Crippen molar-refractivity contribution in [2.75, 3.05) is 33.0 Å². The highest BCUT2D eigenvalue weighted by Crippen LogP contribution is 2.13. The van der Waals surface area contributed by atoms with Gasteiger partial charge in [0.25, 0.3) is 0 Å². The molecule has 5 nitrogen and oxygen atoms in total. The molecule has 0 aromatic carbocycles. The van der Waals surface area contributed by atoms with E-state index in [9.17, 15) is 4.79 Å². The van der Waals surface area contributed by atoms with Crippen molar-refractivity contribution in [1.82, 2.24) is 0 Å². The van der Waals surface area contributed by atoms with Crippen LogP contribution in [0.2, 0.25) is 0 Å². The Morgan fingerprint density at radius 1 is 1.00 bits per heavy atom. The molecule has 136 valence electrons. The van der Waals surface area contributed by atoms with Crippen LogP contribution < -0.4 is 0 Å². The standard InChI is InChI=1S/C18H34O5/c1-2-3-4-5-6-7-10-17(19)21-15-13-20-14-16-23-18-11-8-9-12-22-18/h18H,2-16H2,1H3. The molecular weight excluding hydrogens is 296 g/mol. The normalized spacial score (nSPS) is 18.0. The van der Waals surface area contributed by atoms with Crippen LogP contribution in [0.5, 0.6) is 0 Å². The minimum atomic E-state index is -0.115. The van der Waals surface area contributed by atoms with E-state index >= 15 is 0 Å². The van der Waals surface area contributed by atoms with Gasteiger partial charge in [-0.2, -0.15) is 0 Å². The van der Waals surface area contributed by atoms with Crippen LogP contribution in [0.3, 0.4) is 0 Å². The Kier molecular flexibility index (Phi) is 13.2. The monoisotopic (exact) mass is 330 g/mol. The molecule has 1 unspecified atom stereocenters. The smallest absolute Gasteiger partial charge is 0.305 e. The van der Waals surface area contributed by atoms with Crippen molar-refractivity contribution in [3.8, 4) is 0 Å². The third-order valence-corrected chi connectivity index (χ3v) is 3.89. The predicted octanol–water partition coefficient (Wildman–Crippen LogP) is 3.84. The van der Waals surface area contributed by atoms with E-state index in [1.807, 2.05) is 0 Å². The maximum absolute atomic E-state index is 11.5. The van der Waals surface area contributed by atoms with E-state index < -0.39 is 0 Å². The van der Waals surface area contributed by atoms with Gasteiger partial charge in [0.2, 0.25) is 0 Å². The maximum atomic E-state index is 11.5. The zero-order valence-corrected chi connectivity index (χ0v) is 14.7. The molecular formula is C18H34O5. The molecule has 0 bridgehead atoms. The lowest BCUT2D eigenvalue weighted by Gasteiger charge is -2.22. The Bertz CT molecular complexity index is 277. The van der Waals surface area contributed by atoms with Crippen molar-refractivity contribution in [2.45, 2.75) is 77.4 Å². The van der Waals surface area contributed by atoms with Crippen molar-refractivity contribution in [1.29, 1.82) is 0 Å². The quantitative estimate of drug-likeness (QED) is 0.358. The first-order chi connectivity index (χ1) is 11.3. The van der Waals surface area contributed by atoms with Gasteiger partial charge in [0, 0.05) is 13.0 Å². The van der Waals surface area contributed by atoms with E-state index in [2.05, 4.69) is 6.92 Å². The Hall–Kier alpha value is -0.650. The van der Waals surface area contributed by atoms with Crippen LogP contribution in [0, 0.1) is 0 Å². The van der Waals surface area contributed by atoms with E-state index in [0.29, 0.717) is 32.8 Å². The van der Waals surface area contributed by atoms with Gasteiger partial charge in [0.1, 0.15) is 6.61 Å². The first-order valence-electron chi connectivity index (χ1n) is 9.29. The van der Waals surface area contributed by atoms with Crippen molar-refractivity contribution in [3.05, 3.63) is 0 Å². The van der Waals surface area contributed by atoms with Crippen molar-refractivity contribution < 1.29 is 23.7 Å². The van der Waals surface area contributed by atoms with Gasteiger partial charge in [-0.1, -0.05) is 39.0 Å². The Morgan fingerprint density at radius 3 is 2.57 bits per heavy atom. The molecule has 0 radical (unpaired) electrons. The molecule has 1 aliphatic heterocycles. The number of carbonyl (C=O) groups is 1. The summed E-state index contributed by atoms with van der Waals surface area (Å²) in [7, 11) is 0. The fourth-order valence-corrected chi connectivity index (χ4v) is 2.52. The molecule has 1 aliphatic rings. The van der Waals surface area contributed by atoms with E-state index in [0.717, 1.165) is 32.3 Å². The Morgan fingerprint density at radius 2 is 1.78 bits per heavy atom. The third kappa shape index (κ3) is 12.4. The molecule has 23 heavy (non-hydrogen) atoms. The maximum Gasteiger partial charge on any atom is 0.305 e. The predicted molar refractivity (Wildman–Crippen MR) is 89.3 cm³/mol. The Balaban J connectivity index is 1.78. The van der Waals surface area contributed by atoms with Gasteiger partial charge in [0.05, 0.1) is 19.8 Å². The van der Waals surface area contributed by atoms with Gasteiger partial charge < -0.3 is 18.9 Å². The lowest BCUT2D eigenvalue weighted by Crippen LogP contribution is -2.24. The lowest BCUT2D eigenvalue weighted by molar-refractivity contribution is -0.169. The highest BCUT2D eigenvalue weighted by Gasteiger charge is 2.13. The van der Waals surface area contributed by atoms with Crippen LogP contribution in [0.25, 0.3) is 0 Å². The molecule has 1 rings (SSSR count). The van der Waals surface area contributed by atoms with Crippen molar-refractivity contribution in [2.24, 2.45) is 0 Å². The zero-order chi connectivity index (χ0) is 16.6. The zero-order valence-electron chi connectivity index (χ0n) is 14.7. The highest BCUT2D eigenvalue weighted by atomic mass is 16.7. The van der Waals surface area contributed by atoms with Gasteiger partial charge in [-0.15, -0.1) is 0 Å². The number of hydrogen-bond acceptors (Lipinski definition) is 5. The van der Waals surface area contributed by atoms with Gasteiger partial charge in [-0.05, 0) is 25.7 Å². The van der Waals surface area contributed by atoms with Gasteiger partial charge in [-0.25, -0.2) is 0 Å². The summed E-state index contributed by atoms with van der Waals surface area (Å²) in [5, 5.41) is 0. The molecule has 1 atom stereocenters. The van der Waals surface area contributed by atoms with Crippen LogP contribution in [0.1, 0.15) is 71.1 Å². The topological polar surface area (TPSA) is 54.0 Å². The van der Waals surface area contributed by atoms with Gasteiger partial charge in [0.15, 0.2) is 6.29 Å². The number of esters is 1. The second-order valence-electron chi connectivity index (χ2n) is 6.02. The largest absolute Gasteiger partial charge is 0.463 e. The molecule has 0 amide bonds. The summed E-state index contributed by atoms with van der Waals surface area (Å²) in [6.07, 6.45) is 10.8. The molecule has 0 aliphatic carbocycles. The van der Waals surface area contributed by atoms with Crippen LogP contribution >= 0.6 is 0 Å². The summed E-state index contributed by atoms with van der Waals surface area (Å²) in [6, 6.07) is 0. The van der Waals surface area contributed by atoms with E-state index in [4.69, 9.17) is 18.9 Å². The molecule has 1 fully saturated rings. The Labute approximate surface area is 141 Å². The number of hydrogen-bond donors (Lipinski definition) is 0. The van der Waals surface area contributed by atoms with E-state index in [1.54, 1.807) is 0 Å². The molecule has 0 spiro atoms. The van der Waals surface area contributed by atoms with Gasteiger partial charge in [-0.3, -0.25) is 4.79 Å². The average Bonchev–Trinajstić information content (AvgIpc) is 2.58. The number of unbranched alkanes of at least 4 members (excludes halogenated alkanes) is 5. The van der Waals surface area contributed by atoms with Crippen LogP contribution in [0.4, 0.5) is 0 Å². The summed E-state index contributed by atoms with van der Waals surface area (Å²) in [5.41, 5.74) is 0. The van der Waals surface area contributed by atoms with E-state index in [-0.39, 0.29) is 12.3 Å². The number of carbonyl (C=O) groups excluding carboxylic acids is 1. The molecule has 5 heteroatoms. The average molecular weight is 330 g/mol. The van der Waals surface area contributed by atoms with Crippen molar-refractivity contribution in [3.63, 3.8) is 0 Å². The number of ether oxygens (including phenoxy) is 4. The van der Waals surface area contributed by atoms with Crippen LogP contribution in [-0.2, 0) is 23.7 Å². The summed E-state index contributed by atoms with van der Waals surface area (Å²) in [4.78, 5) is 11.5. The second kappa shape index (κ2) is 14.9. The summed E-state index contributed by atoms with van der Waals surface area (Å²) in [6.45, 7) is 4.78. The minimum absolute atomic E-state index is 0.0671. The fraction of sp³-hybridized carbons (Fsp3) is 0.944. The summed E-state index contributed by atoms with van der Waals surface area (Å²) >= 11 is 0. The minimum Gasteiger partial charge on any atom is -0.463 e. The second-order valence-corrected chi connectivity index (χ2v) is 6.02. The van der Waals surface area contributed by atoms with E-state index in [1.165, 1.54) is 32.1 Å². The van der Waals surface area contributed by atoms with Gasteiger partial charge >= 0.3 is 5.97 Å². The molecule has 1 saturated heterocycles. The molecule has 0 saturated carbocycles. The first kappa shape index (κ1) is 20.4. The molecule has 1 heterocycles. The summed E-state index contributed by atoms with van der Waals surface area (Å²) < 4.78 is 21.5. The number of rotatable bonds is 14. The molecule has 0 aromatic rings. The van der Waals surface area contributed by atoms with Crippen LogP contribution in [-0.4, -0.2) is 45.3 Å².